The van der Waals surface area contributed by atoms with Crippen molar-refractivity contribution in [3.05, 3.63) is 0 Å². The zero-order valence-electron chi connectivity index (χ0n) is 16.7. The van der Waals surface area contributed by atoms with Gasteiger partial charge in [-0.1, -0.05) is 48.5 Å². The first-order chi connectivity index (χ1) is 10.6. The van der Waals surface area contributed by atoms with Gasteiger partial charge in [-0.25, -0.2) is 4.21 Å². The van der Waals surface area contributed by atoms with Gasteiger partial charge in [0.2, 0.25) is 0 Å². The van der Waals surface area contributed by atoms with Crippen molar-refractivity contribution < 1.29 is 18.2 Å². The molecule has 0 aromatic carbocycles. The zero-order valence-corrected chi connectivity index (χ0v) is 17.5. The number of nitrogens with two attached hydrogens (primary N) is 1. The van der Waals surface area contributed by atoms with Crippen molar-refractivity contribution in [3.63, 3.8) is 0 Å². The second-order valence-electron chi connectivity index (χ2n) is 6.20. The van der Waals surface area contributed by atoms with E-state index in [4.69, 9.17) is 24.0 Å². The maximum atomic E-state index is 9.11. The summed E-state index contributed by atoms with van der Waals surface area (Å²) in [5.74, 6) is 0. The van der Waals surface area contributed by atoms with Gasteiger partial charge in [-0.05, 0) is 25.2 Å². The van der Waals surface area contributed by atoms with Crippen molar-refractivity contribution >= 4 is 11.1 Å². The summed E-state index contributed by atoms with van der Waals surface area (Å²) >= 11 is -1.61. The largest absolute Gasteiger partial charge is 0.375 e. The van der Waals surface area contributed by atoms with Crippen LogP contribution in [0.3, 0.4) is 0 Å². The van der Waals surface area contributed by atoms with Crippen molar-refractivity contribution in [3.8, 4) is 0 Å². The van der Waals surface area contributed by atoms with Gasteiger partial charge in [0, 0.05) is 12.8 Å². The third kappa shape index (κ3) is 19.9. The zero-order chi connectivity index (χ0) is 19.1. The molecular formula is C17H41NO4S. The van der Waals surface area contributed by atoms with Crippen molar-refractivity contribution in [1.29, 1.82) is 0 Å². The molecule has 0 saturated carbocycles. The quantitative estimate of drug-likeness (QED) is 0.647. The summed E-state index contributed by atoms with van der Waals surface area (Å²) < 4.78 is 28.4. The Morgan fingerprint density at radius 1 is 1.13 bits per heavy atom. The normalized spacial score (nSPS) is 15.0. The van der Waals surface area contributed by atoms with Gasteiger partial charge in [0.15, 0.2) is 0 Å². The van der Waals surface area contributed by atoms with Gasteiger partial charge in [0.05, 0.1) is 24.9 Å². The molecule has 0 aromatic rings. The Labute approximate surface area is 147 Å². The Bertz CT molecular complexity index is 262. The van der Waals surface area contributed by atoms with E-state index in [-0.39, 0.29) is 17.6 Å². The van der Waals surface area contributed by atoms with Crippen molar-refractivity contribution in [2.45, 2.75) is 86.5 Å². The second kappa shape index (κ2) is 16.8. The predicted octanol–water partition coefficient (Wildman–Crippen LogP) is 3.83. The topological polar surface area (TPSA) is 81.8 Å². The molecule has 3 unspecified atom stereocenters. The van der Waals surface area contributed by atoms with Gasteiger partial charge in [0.1, 0.15) is 11.1 Å². The van der Waals surface area contributed by atoms with Gasteiger partial charge in [-0.3, -0.25) is 0 Å². The Morgan fingerprint density at radius 3 is 1.78 bits per heavy atom. The lowest BCUT2D eigenvalue weighted by Crippen LogP contribution is -2.38. The molecule has 5 nitrogen and oxygen atoms in total. The maximum absolute atomic E-state index is 9.11. The van der Waals surface area contributed by atoms with E-state index in [0.29, 0.717) is 19.3 Å². The van der Waals surface area contributed by atoms with E-state index in [2.05, 4.69) is 41.5 Å². The highest BCUT2D eigenvalue weighted by Gasteiger charge is 2.24. The molecule has 6 heteroatoms. The molecule has 0 fully saturated rings. The van der Waals surface area contributed by atoms with Gasteiger partial charge in [0.25, 0.3) is 0 Å². The monoisotopic (exact) mass is 355 g/mol. The third-order valence-corrected chi connectivity index (χ3v) is 3.31. The van der Waals surface area contributed by atoms with E-state index in [1.54, 1.807) is 0 Å². The first-order valence-electron chi connectivity index (χ1n) is 8.57. The molecule has 3 atom stereocenters. The minimum Gasteiger partial charge on any atom is -0.375 e. The summed E-state index contributed by atoms with van der Waals surface area (Å²) in [7, 11) is 0. The van der Waals surface area contributed by atoms with Crippen LogP contribution >= 0.6 is 0 Å². The van der Waals surface area contributed by atoms with E-state index >= 15 is 0 Å². The van der Waals surface area contributed by atoms with Crippen LogP contribution in [0.1, 0.15) is 68.2 Å². The first-order valence-corrected chi connectivity index (χ1v) is 10.1. The Morgan fingerprint density at radius 2 is 1.52 bits per heavy atom. The number of rotatable bonds is 8. The summed E-state index contributed by atoms with van der Waals surface area (Å²) in [4.78, 5) is 0. The summed E-state index contributed by atoms with van der Waals surface area (Å²) in [5.41, 5.74) is 5.87. The molecule has 23 heavy (non-hydrogen) atoms. The minimum absolute atomic E-state index is 0.00447. The van der Waals surface area contributed by atoms with Crippen LogP contribution in [0.4, 0.5) is 0 Å². The molecule has 144 valence electrons. The molecule has 0 amide bonds. The maximum Gasteiger partial charge on any atom is 0.149 e. The molecule has 0 spiro atoms. The van der Waals surface area contributed by atoms with Crippen molar-refractivity contribution in [2.24, 2.45) is 11.1 Å². The molecule has 0 bridgehead atoms. The Hall–Kier alpha value is -0.0100. The fourth-order valence-corrected chi connectivity index (χ4v) is 1.42. The first kappa shape index (κ1) is 27.8. The van der Waals surface area contributed by atoms with Crippen LogP contribution in [0.2, 0.25) is 0 Å². The van der Waals surface area contributed by atoms with E-state index in [1.807, 2.05) is 13.8 Å². The summed E-state index contributed by atoms with van der Waals surface area (Å²) in [6.45, 7) is 18.0. The second-order valence-corrected chi connectivity index (χ2v) is 7.05. The lowest BCUT2D eigenvalue weighted by Gasteiger charge is -2.31. The average Bonchev–Trinajstić information content (AvgIpc) is 2.47. The Kier molecular flexibility index (Phi) is 20.4. The fraction of sp³-hybridized carbons (Fsp3) is 1.00. The van der Waals surface area contributed by atoms with Crippen LogP contribution in [0.15, 0.2) is 0 Å². The lowest BCUT2D eigenvalue weighted by atomic mass is 9.90. The van der Waals surface area contributed by atoms with Crippen LogP contribution in [0.5, 0.6) is 0 Å². The number of hydrogen-bond acceptors (Lipinski definition) is 4. The van der Waals surface area contributed by atoms with Crippen LogP contribution in [0.25, 0.3) is 0 Å². The van der Waals surface area contributed by atoms with Crippen molar-refractivity contribution in [1.82, 2.24) is 0 Å². The minimum atomic E-state index is -1.61. The third-order valence-electron chi connectivity index (χ3n) is 3.31. The smallest absolute Gasteiger partial charge is 0.149 e. The Balaban J connectivity index is -0.000000574. The van der Waals surface area contributed by atoms with Crippen LogP contribution in [-0.2, 0) is 20.6 Å². The summed E-state index contributed by atoms with van der Waals surface area (Å²) in [5, 5.41) is 0. The molecular weight excluding hydrogens is 314 g/mol. The van der Waals surface area contributed by atoms with Gasteiger partial charge in [-0.15, -0.1) is 0 Å². The van der Waals surface area contributed by atoms with Crippen LogP contribution in [-0.4, -0.2) is 46.5 Å². The average molecular weight is 356 g/mol. The summed E-state index contributed by atoms with van der Waals surface area (Å²) in [6.07, 6.45) is 3.80. The molecule has 0 aromatic heterocycles. The fourth-order valence-electron chi connectivity index (χ4n) is 1.42. The standard InChI is InChI=1S/C14H31NO2.C2H6.CH4O2S/c1-7-12(8-2)16-10-13(9-15)17-11(3)14(4,5)6;1-2;1-4(2)3/h11-13H,7-10,15H2,1-6H3;1-2H3;1H3,(H,2,3). The van der Waals surface area contributed by atoms with Gasteiger partial charge >= 0.3 is 0 Å². The predicted molar refractivity (Wildman–Crippen MR) is 101 cm³/mol. The molecule has 0 aliphatic carbocycles. The highest BCUT2D eigenvalue weighted by atomic mass is 32.2. The molecule has 0 aliphatic rings. The van der Waals surface area contributed by atoms with E-state index in [1.165, 1.54) is 6.26 Å². The number of hydrogen-bond donors (Lipinski definition) is 2. The van der Waals surface area contributed by atoms with Crippen molar-refractivity contribution in [2.75, 3.05) is 19.4 Å². The van der Waals surface area contributed by atoms with E-state index in [9.17, 15) is 0 Å². The highest BCUT2D eigenvalue weighted by Crippen LogP contribution is 2.22. The SMILES string of the molecule is CC.CCC(CC)OCC(CN)OC(C)C(C)(C)C.CS(=O)O. The highest BCUT2D eigenvalue weighted by molar-refractivity contribution is 7.78. The van der Waals surface area contributed by atoms with Crippen LogP contribution < -0.4 is 5.73 Å². The van der Waals surface area contributed by atoms with Gasteiger partial charge < -0.3 is 19.8 Å². The molecule has 3 N–H and O–H groups in total. The van der Waals surface area contributed by atoms with Gasteiger partial charge in [-0.2, -0.15) is 0 Å². The van der Waals surface area contributed by atoms with E-state index < -0.39 is 11.1 Å². The molecule has 0 saturated heterocycles. The number of ether oxygens (including phenoxy) is 2. The molecule has 0 radical (unpaired) electrons. The molecule has 0 heterocycles. The molecule has 0 rings (SSSR count). The lowest BCUT2D eigenvalue weighted by molar-refractivity contribution is -0.0958. The summed E-state index contributed by atoms with van der Waals surface area (Å²) in [6, 6.07) is 0. The van der Waals surface area contributed by atoms with Crippen LogP contribution in [0, 0.1) is 5.41 Å². The molecule has 0 aliphatic heterocycles. The van der Waals surface area contributed by atoms with E-state index in [0.717, 1.165) is 12.8 Å².